The van der Waals surface area contributed by atoms with Gasteiger partial charge >= 0.3 is 5.97 Å². The van der Waals surface area contributed by atoms with Gasteiger partial charge in [0.05, 0.1) is 10.5 Å². The molecule has 0 saturated carbocycles. The summed E-state index contributed by atoms with van der Waals surface area (Å²) in [6.07, 6.45) is 0. The van der Waals surface area contributed by atoms with Crippen LogP contribution in [0.2, 0.25) is 0 Å². The summed E-state index contributed by atoms with van der Waals surface area (Å²) in [5, 5.41) is 9.61. The fraction of sp³-hybridized carbons (Fsp3) is 0.316. The number of hydrogen-bond acceptors (Lipinski definition) is 4. The zero-order valence-electron chi connectivity index (χ0n) is 15.2. The van der Waals surface area contributed by atoms with E-state index in [1.165, 1.54) is 42.1 Å². The van der Waals surface area contributed by atoms with Gasteiger partial charge in [0, 0.05) is 17.0 Å². The number of halogens is 2. The predicted molar refractivity (Wildman–Crippen MR) is 104 cm³/mol. The minimum Gasteiger partial charge on any atom is -0.480 e. The summed E-state index contributed by atoms with van der Waals surface area (Å²) < 4.78 is 54.3. The molecule has 9 heteroatoms. The summed E-state index contributed by atoms with van der Waals surface area (Å²) in [4.78, 5) is 11.6. The molecular weight excluding hydrogens is 408 g/mol. The van der Waals surface area contributed by atoms with Gasteiger partial charge in [0.25, 0.3) is 0 Å². The van der Waals surface area contributed by atoms with E-state index in [1.54, 1.807) is 13.8 Å². The van der Waals surface area contributed by atoms with Crippen LogP contribution in [0.5, 0.6) is 0 Å². The molecule has 1 aliphatic heterocycles. The van der Waals surface area contributed by atoms with Crippen molar-refractivity contribution < 1.29 is 27.1 Å². The van der Waals surface area contributed by atoms with Crippen molar-refractivity contribution in [3.8, 4) is 11.1 Å². The van der Waals surface area contributed by atoms with Crippen LogP contribution in [0.3, 0.4) is 0 Å². The topological polar surface area (TPSA) is 74.7 Å². The van der Waals surface area contributed by atoms with Crippen LogP contribution in [0.15, 0.2) is 47.4 Å². The molecule has 1 unspecified atom stereocenters. The second kappa shape index (κ2) is 7.46. The van der Waals surface area contributed by atoms with Crippen LogP contribution in [-0.2, 0) is 14.8 Å². The van der Waals surface area contributed by atoms with Crippen molar-refractivity contribution in [2.24, 2.45) is 0 Å². The van der Waals surface area contributed by atoms with Crippen LogP contribution < -0.4 is 0 Å². The van der Waals surface area contributed by atoms with Crippen molar-refractivity contribution >= 4 is 27.8 Å². The highest BCUT2D eigenvalue weighted by molar-refractivity contribution is 8.00. The largest absolute Gasteiger partial charge is 0.480 e. The molecule has 0 aliphatic carbocycles. The molecule has 3 rings (SSSR count). The Morgan fingerprint density at radius 2 is 1.71 bits per heavy atom. The number of sulfonamides is 1. The maximum Gasteiger partial charge on any atom is 0.323 e. The first kappa shape index (κ1) is 20.8. The molecular formula is C19H19F2NO4S2. The van der Waals surface area contributed by atoms with Crippen LogP contribution in [0.1, 0.15) is 13.8 Å². The normalized spacial score (nSPS) is 20.1. The molecule has 2 aromatic carbocycles. The van der Waals surface area contributed by atoms with Gasteiger partial charge in [-0.15, -0.1) is 0 Å². The summed E-state index contributed by atoms with van der Waals surface area (Å²) in [6.45, 7) is 3.46. The first-order chi connectivity index (χ1) is 13.1. The van der Waals surface area contributed by atoms with E-state index in [4.69, 9.17) is 0 Å². The molecule has 5 nitrogen and oxygen atoms in total. The van der Waals surface area contributed by atoms with Crippen LogP contribution in [0.25, 0.3) is 11.1 Å². The van der Waals surface area contributed by atoms with Crippen molar-refractivity contribution in [1.29, 1.82) is 0 Å². The third-order valence-electron chi connectivity index (χ3n) is 4.68. The molecule has 0 amide bonds. The summed E-state index contributed by atoms with van der Waals surface area (Å²) in [6, 6.07) is 7.37. The second-order valence-electron chi connectivity index (χ2n) is 6.93. The fourth-order valence-corrected chi connectivity index (χ4v) is 6.43. The molecule has 28 heavy (non-hydrogen) atoms. The number of carboxylic acid groups (broad SMARTS) is 1. The highest BCUT2D eigenvalue weighted by Gasteiger charge is 2.48. The Labute approximate surface area is 166 Å². The molecule has 0 spiro atoms. The van der Waals surface area contributed by atoms with Crippen molar-refractivity contribution in [2.75, 3.05) is 12.3 Å². The smallest absolute Gasteiger partial charge is 0.323 e. The van der Waals surface area contributed by atoms with E-state index in [-0.39, 0.29) is 22.6 Å². The average molecular weight is 427 g/mol. The highest BCUT2D eigenvalue weighted by Crippen LogP contribution is 2.38. The lowest BCUT2D eigenvalue weighted by Crippen LogP contribution is -2.58. The second-order valence-corrected chi connectivity index (χ2v) is 10.6. The van der Waals surface area contributed by atoms with Crippen molar-refractivity contribution in [3.63, 3.8) is 0 Å². The zero-order chi connectivity index (χ0) is 20.7. The predicted octanol–water partition coefficient (Wildman–Crippen LogP) is 3.60. The molecule has 1 heterocycles. The van der Waals surface area contributed by atoms with Crippen LogP contribution in [0, 0.1) is 11.6 Å². The number of carboxylic acids is 1. The molecule has 0 bridgehead atoms. The molecule has 0 aromatic heterocycles. The number of nitrogens with zero attached hydrogens (tertiary/aromatic N) is 1. The molecule has 0 radical (unpaired) electrons. The lowest BCUT2D eigenvalue weighted by molar-refractivity contribution is -0.142. The van der Waals surface area contributed by atoms with Crippen LogP contribution in [0.4, 0.5) is 8.78 Å². The first-order valence-electron chi connectivity index (χ1n) is 8.49. The number of aliphatic carboxylic acids is 1. The molecule has 150 valence electrons. The molecule has 1 atom stereocenters. The van der Waals surface area contributed by atoms with Gasteiger partial charge in [0.15, 0.2) is 0 Å². The van der Waals surface area contributed by atoms with Crippen LogP contribution >= 0.6 is 11.8 Å². The standard InChI is InChI=1S/C19H19F2NO4S2/c1-19(2)17(18(23)24)22(10-11-27-19)28(25,26)13-8-6-12(7-9-13)16-14(20)4-3-5-15(16)21/h3-9,17H,10-11H2,1-2H3,(H,23,24). The van der Waals surface area contributed by atoms with E-state index in [0.717, 1.165) is 16.4 Å². The Hall–Kier alpha value is -1.97. The Morgan fingerprint density at radius 3 is 2.25 bits per heavy atom. The van der Waals surface area contributed by atoms with Gasteiger partial charge in [-0.1, -0.05) is 18.2 Å². The summed E-state index contributed by atoms with van der Waals surface area (Å²) in [7, 11) is -4.09. The van der Waals surface area contributed by atoms with E-state index in [0.29, 0.717) is 5.75 Å². The Balaban J connectivity index is 2.00. The SMILES string of the molecule is CC1(C)SCCN(S(=O)(=O)c2ccc(-c3c(F)cccc3F)cc2)C1C(=O)O. The number of carbonyl (C=O) groups is 1. The molecule has 1 N–H and O–H groups in total. The van der Waals surface area contributed by atoms with Crippen molar-refractivity contribution in [2.45, 2.75) is 29.5 Å². The summed E-state index contributed by atoms with van der Waals surface area (Å²) in [5.74, 6) is -2.26. The maximum atomic E-state index is 14.0. The highest BCUT2D eigenvalue weighted by atomic mass is 32.2. The Bertz CT molecular complexity index is 987. The van der Waals surface area contributed by atoms with E-state index in [2.05, 4.69) is 0 Å². The van der Waals surface area contributed by atoms with Gasteiger partial charge in [0.1, 0.15) is 17.7 Å². The monoisotopic (exact) mass is 427 g/mol. The lowest BCUT2D eigenvalue weighted by Gasteiger charge is -2.42. The third-order valence-corrected chi connectivity index (χ3v) is 7.91. The number of rotatable bonds is 4. The maximum absolute atomic E-state index is 14.0. The minimum absolute atomic E-state index is 0.0666. The number of hydrogen-bond donors (Lipinski definition) is 1. The third kappa shape index (κ3) is 3.66. The van der Waals surface area contributed by atoms with E-state index in [9.17, 15) is 27.1 Å². The lowest BCUT2D eigenvalue weighted by atomic mass is 10.0. The van der Waals surface area contributed by atoms with E-state index >= 15 is 0 Å². The van der Waals surface area contributed by atoms with Gasteiger partial charge in [-0.05, 0) is 43.7 Å². The molecule has 2 aromatic rings. The fourth-order valence-electron chi connectivity index (χ4n) is 3.34. The van der Waals surface area contributed by atoms with Gasteiger partial charge < -0.3 is 5.11 Å². The summed E-state index contributed by atoms with van der Waals surface area (Å²) in [5.41, 5.74) is -0.0516. The number of thioether (sulfide) groups is 1. The Morgan fingerprint density at radius 1 is 1.14 bits per heavy atom. The quantitative estimate of drug-likeness (QED) is 0.807. The van der Waals surface area contributed by atoms with Gasteiger partial charge in [0.2, 0.25) is 10.0 Å². The van der Waals surface area contributed by atoms with Gasteiger partial charge in [-0.25, -0.2) is 17.2 Å². The van der Waals surface area contributed by atoms with Crippen molar-refractivity contribution in [1.82, 2.24) is 4.31 Å². The van der Waals surface area contributed by atoms with Gasteiger partial charge in [-0.3, -0.25) is 4.79 Å². The average Bonchev–Trinajstić information content (AvgIpc) is 2.60. The molecule has 1 saturated heterocycles. The zero-order valence-corrected chi connectivity index (χ0v) is 16.9. The van der Waals surface area contributed by atoms with E-state index in [1.807, 2.05) is 0 Å². The number of benzene rings is 2. The van der Waals surface area contributed by atoms with Crippen molar-refractivity contribution in [3.05, 3.63) is 54.1 Å². The van der Waals surface area contributed by atoms with Crippen LogP contribution in [-0.4, -0.2) is 46.9 Å². The molecule has 1 fully saturated rings. The van der Waals surface area contributed by atoms with Gasteiger partial charge in [-0.2, -0.15) is 16.1 Å². The summed E-state index contributed by atoms with van der Waals surface area (Å²) >= 11 is 1.40. The Kier molecular flexibility index (Phi) is 5.53. The minimum atomic E-state index is -4.09. The molecule has 1 aliphatic rings. The van der Waals surface area contributed by atoms with E-state index < -0.39 is 38.4 Å². The first-order valence-corrected chi connectivity index (χ1v) is 10.9.